The van der Waals surface area contributed by atoms with E-state index in [0.717, 1.165) is 17.1 Å². The van der Waals surface area contributed by atoms with Crippen molar-refractivity contribution in [2.75, 3.05) is 0 Å². The van der Waals surface area contributed by atoms with Gasteiger partial charge in [-0.25, -0.2) is 9.37 Å². The predicted octanol–water partition coefficient (Wildman–Crippen LogP) is 3.84. The van der Waals surface area contributed by atoms with Gasteiger partial charge in [-0.3, -0.25) is 9.78 Å². The molecule has 0 unspecified atom stereocenters. The van der Waals surface area contributed by atoms with Gasteiger partial charge in [0.1, 0.15) is 10.8 Å². The molecule has 0 atom stereocenters. The molecule has 0 spiro atoms. The fraction of sp³-hybridized carbons (Fsp3) is 0.167. The summed E-state index contributed by atoms with van der Waals surface area (Å²) in [5.41, 5.74) is 2.79. The van der Waals surface area contributed by atoms with Gasteiger partial charge in [0, 0.05) is 17.1 Å². The number of nitrogens with one attached hydrogen (secondary N) is 1. The summed E-state index contributed by atoms with van der Waals surface area (Å²) in [6.07, 6.45) is 2.38. The number of carbonyl (C=O) groups excluding carboxylic acids is 1. The molecule has 0 bridgehead atoms. The molecular weight excluding hydrogens is 325 g/mol. The summed E-state index contributed by atoms with van der Waals surface area (Å²) in [4.78, 5) is 20.8. The van der Waals surface area contributed by atoms with E-state index in [1.165, 1.54) is 29.7 Å². The van der Waals surface area contributed by atoms with Crippen LogP contribution in [0.5, 0.6) is 0 Å². The highest BCUT2D eigenvalue weighted by Gasteiger charge is 2.08. The Balaban J connectivity index is 1.65. The first-order valence-electron chi connectivity index (χ1n) is 7.59. The number of amides is 1. The van der Waals surface area contributed by atoms with Crippen molar-refractivity contribution in [1.29, 1.82) is 0 Å². The Morgan fingerprint density at radius 2 is 2.17 bits per heavy atom. The molecule has 1 N–H and O–H groups in total. The second kappa shape index (κ2) is 7.31. The molecule has 0 radical (unpaired) electrons. The Hall–Kier alpha value is -2.60. The SMILES string of the molecule is CCc1csc(CNC(=O)c2ccc(-c3cccc(F)c3)nc2)n1. The first-order valence-corrected chi connectivity index (χ1v) is 8.47. The lowest BCUT2D eigenvalue weighted by molar-refractivity contribution is 0.0950. The van der Waals surface area contributed by atoms with Gasteiger partial charge in [-0.15, -0.1) is 11.3 Å². The van der Waals surface area contributed by atoms with Crippen molar-refractivity contribution >= 4 is 17.2 Å². The molecule has 1 aromatic carbocycles. The molecule has 0 saturated carbocycles. The molecule has 4 nitrogen and oxygen atoms in total. The van der Waals surface area contributed by atoms with E-state index >= 15 is 0 Å². The standard InChI is InChI=1S/C18H16FN3OS/c1-2-15-11-24-17(22-15)10-21-18(23)13-6-7-16(20-9-13)12-4-3-5-14(19)8-12/h3-9,11H,2,10H2,1H3,(H,21,23). The minimum Gasteiger partial charge on any atom is -0.345 e. The molecule has 2 aromatic heterocycles. The second-order valence-corrected chi connectivity index (χ2v) is 6.15. The van der Waals surface area contributed by atoms with Crippen LogP contribution in [0.4, 0.5) is 4.39 Å². The minimum atomic E-state index is -0.314. The van der Waals surface area contributed by atoms with Gasteiger partial charge in [0.25, 0.3) is 5.91 Å². The van der Waals surface area contributed by atoms with E-state index in [-0.39, 0.29) is 11.7 Å². The third-order valence-corrected chi connectivity index (χ3v) is 4.41. The molecule has 24 heavy (non-hydrogen) atoms. The summed E-state index contributed by atoms with van der Waals surface area (Å²) in [6, 6.07) is 9.60. The summed E-state index contributed by atoms with van der Waals surface area (Å²) in [6.45, 7) is 2.44. The fourth-order valence-corrected chi connectivity index (χ4v) is 3.01. The zero-order valence-electron chi connectivity index (χ0n) is 13.1. The Labute approximate surface area is 143 Å². The molecule has 0 fully saturated rings. The van der Waals surface area contributed by atoms with Crippen LogP contribution in [0.3, 0.4) is 0 Å². The topological polar surface area (TPSA) is 54.9 Å². The molecule has 0 aliphatic rings. The lowest BCUT2D eigenvalue weighted by Gasteiger charge is -2.05. The van der Waals surface area contributed by atoms with E-state index in [0.29, 0.717) is 23.4 Å². The van der Waals surface area contributed by atoms with Crippen LogP contribution in [0, 0.1) is 5.82 Å². The van der Waals surface area contributed by atoms with Crippen molar-refractivity contribution in [2.45, 2.75) is 19.9 Å². The zero-order chi connectivity index (χ0) is 16.9. The summed E-state index contributed by atoms with van der Waals surface area (Å²) >= 11 is 1.54. The number of aromatic nitrogens is 2. The highest BCUT2D eigenvalue weighted by molar-refractivity contribution is 7.09. The fourth-order valence-electron chi connectivity index (χ4n) is 2.20. The number of pyridine rings is 1. The number of thiazole rings is 1. The number of hydrogen-bond acceptors (Lipinski definition) is 4. The van der Waals surface area contributed by atoms with Crippen LogP contribution in [0.25, 0.3) is 11.3 Å². The number of rotatable bonds is 5. The van der Waals surface area contributed by atoms with E-state index in [1.807, 2.05) is 12.3 Å². The quantitative estimate of drug-likeness (QED) is 0.767. The Kier molecular flexibility index (Phi) is 4.96. The van der Waals surface area contributed by atoms with Gasteiger partial charge in [0.2, 0.25) is 0 Å². The minimum absolute atomic E-state index is 0.207. The van der Waals surface area contributed by atoms with Crippen LogP contribution in [0.15, 0.2) is 48.0 Å². The maximum Gasteiger partial charge on any atom is 0.253 e. The zero-order valence-corrected chi connectivity index (χ0v) is 13.9. The molecule has 2 heterocycles. The van der Waals surface area contributed by atoms with E-state index in [2.05, 4.69) is 15.3 Å². The Morgan fingerprint density at radius 1 is 1.29 bits per heavy atom. The molecular formula is C18H16FN3OS. The van der Waals surface area contributed by atoms with E-state index in [9.17, 15) is 9.18 Å². The van der Waals surface area contributed by atoms with Crippen LogP contribution in [-0.2, 0) is 13.0 Å². The molecule has 0 aliphatic carbocycles. The molecule has 3 rings (SSSR count). The largest absolute Gasteiger partial charge is 0.345 e. The van der Waals surface area contributed by atoms with Crippen LogP contribution in [0.1, 0.15) is 28.0 Å². The Morgan fingerprint density at radius 3 is 2.83 bits per heavy atom. The summed E-state index contributed by atoms with van der Waals surface area (Å²) in [5.74, 6) is -0.521. The number of carbonyl (C=O) groups is 1. The third kappa shape index (κ3) is 3.83. The summed E-state index contributed by atoms with van der Waals surface area (Å²) < 4.78 is 13.3. The average molecular weight is 341 g/mol. The van der Waals surface area contributed by atoms with Crippen molar-refractivity contribution in [1.82, 2.24) is 15.3 Å². The molecule has 6 heteroatoms. The van der Waals surface area contributed by atoms with Crippen LogP contribution < -0.4 is 5.32 Å². The van der Waals surface area contributed by atoms with Gasteiger partial charge >= 0.3 is 0 Å². The first-order chi connectivity index (χ1) is 11.7. The molecule has 3 aromatic rings. The second-order valence-electron chi connectivity index (χ2n) is 5.21. The highest BCUT2D eigenvalue weighted by atomic mass is 32.1. The van der Waals surface area contributed by atoms with Crippen molar-refractivity contribution in [3.05, 3.63) is 70.1 Å². The normalized spacial score (nSPS) is 10.6. The molecule has 122 valence electrons. The van der Waals surface area contributed by atoms with Gasteiger partial charge in [0.15, 0.2) is 0 Å². The smallest absolute Gasteiger partial charge is 0.253 e. The van der Waals surface area contributed by atoms with Gasteiger partial charge in [-0.05, 0) is 30.7 Å². The third-order valence-electron chi connectivity index (χ3n) is 3.51. The van der Waals surface area contributed by atoms with Crippen molar-refractivity contribution in [3.8, 4) is 11.3 Å². The highest BCUT2D eigenvalue weighted by Crippen LogP contribution is 2.18. The summed E-state index contributed by atoms with van der Waals surface area (Å²) in [7, 11) is 0. The van der Waals surface area contributed by atoms with Crippen LogP contribution >= 0.6 is 11.3 Å². The van der Waals surface area contributed by atoms with Gasteiger partial charge in [-0.2, -0.15) is 0 Å². The van der Waals surface area contributed by atoms with Crippen LogP contribution in [0.2, 0.25) is 0 Å². The maximum atomic E-state index is 13.3. The van der Waals surface area contributed by atoms with E-state index < -0.39 is 0 Å². The molecule has 0 aliphatic heterocycles. The van der Waals surface area contributed by atoms with Crippen LogP contribution in [-0.4, -0.2) is 15.9 Å². The average Bonchev–Trinajstić information content (AvgIpc) is 3.08. The monoisotopic (exact) mass is 341 g/mol. The number of halogens is 1. The van der Waals surface area contributed by atoms with Gasteiger partial charge in [-0.1, -0.05) is 19.1 Å². The lowest BCUT2D eigenvalue weighted by atomic mass is 10.1. The number of hydrogen-bond donors (Lipinski definition) is 1. The first kappa shape index (κ1) is 16.3. The summed E-state index contributed by atoms with van der Waals surface area (Å²) in [5, 5.41) is 5.71. The lowest BCUT2D eigenvalue weighted by Crippen LogP contribution is -2.22. The van der Waals surface area contributed by atoms with E-state index in [4.69, 9.17) is 0 Å². The number of benzene rings is 1. The van der Waals surface area contributed by atoms with Crippen molar-refractivity contribution < 1.29 is 9.18 Å². The maximum absolute atomic E-state index is 13.3. The Bertz CT molecular complexity index is 845. The van der Waals surface area contributed by atoms with Crippen molar-refractivity contribution in [3.63, 3.8) is 0 Å². The van der Waals surface area contributed by atoms with Gasteiger partial charge in [0.05, 0.1) is 23.5 Å². The molecule has 1 amide bonds. The predicted molar refractivity (Wildman–Crippen MR) is 92.3 cm³/mol. The number of aryl methyl sites for hydroxylation is 1. The van der Waals surface area contributed by atoms with Crippen molar-refractivity contribution in [2.24, 2.45) is 0 Å². The number of nitrogens with zero attached hydrogens (tertiary/aromatic N) is 2. The van der Waals surface area contributed by atoms with Gasteiger partial charge < -0.3 is 5.32 Å². The molecule has 0 saturated heterocycles. The van der Waals surface area contributed by atoms with E-state index in [1.54, 1.807) is 24.3 Å².